The van der Waals surface area contributed by atoms with E-state index < -0.39 is 6.10 Å². The van der Waals surface area contributed by atoms with E-state index in [1.54, 1.807) is 32.2 Å². The number of benzene rings is 1. The first-order chi connectivity index (χ1) is 10.6. The van der Waals surface area contributed by atoms with E-state index in [-0.39, 0.29) is 18.1 Å². The van der Waals surface area contributed by atoms with E-state index >= 15 is 0 Å². The Bertz CT molecular complexity index is 730. The summed E-state index contributed by atoms with van der Waals surface area (Å²) in [6.07, 6.45) is 1.23. The number of nitrogens with zero attached hydrogens (tertiary/aromatic N) is 2. The molecule has 2 aromatic rings. The van der Waals surface area contributed by atoms with Crippen molar-refractivity contribution in [3.05, 3.63) is 35.8 Å². The molecule has 0 fully saturated rings. The van der Waals surface area contributed by atoms with Crippen LogP contribution in [0.25, 0.3) is 11.3 Å². The van der Waals surface area contributed by atoms with Gasteiger partial charge in [-0.2, -0.15) is 0 Å². The van der Waals surface area contributed by atoms with Crippen LogP contribution in [0.1, 0.15) is 30.8 Å². The highest BCUT2D eigenvalue weighted by Crippen LogP contribution is 2.43. The van der Waals surface area contributed by atoms with Gasteiger partial charge in [-0.25, -0.2) is 9.97 Å². The highest BCUT2D eigenvalue weighted by Gasteiger charge is 2.30. The van der Waals surface area contributed by atoms with Crippen molar-refractivity contribution >= 4 is 5.97 Å². The molecule has 0 saturated heterocycles. The fourth-order valence-corrected chi connectivity index (χ4v) is 2.47. The van der Waals surface area contributed by atoms with Crippen molar-refractivity contribution in [2.24, 2.45) is 0 Å². The van der Waals surface area contributed by atoms with Gasteiger partial charge in [0.25, 0.3) is 0 Å². The van der Waals surface area contributed by atoms with E-state index in [1.165, 1.54) is 6.07 Å². The van der Waals surface area contributed by atoms with Crippen molar-refractivity contribution in [3.8, 4) is 22.8 Å². The van der Waals surface area contributed by atoms with E-state index in [0.29, 0.717) is 18.2 Å². The van der Waals surface area contributed by atoms with Crippen molar-refractivity contribution in [3.63, 3.8) is 0 Å². The topological polar surface area (TPSA) is 81.5 Å². The molecule has 1 unspecified atom stereocenters. The predicted molar refractivity (Wildman–Crippen MR) is 78.5 cm³/mol. The zero-order chi connectivity index (χ0) is 15.7. The number of aryl methyl sites for hydroxylation is 1. The van der Waals surface area contributed by atoms with Gasteiger partial charge >= 0.3 is 5.97 Å². The van der Waals surface area contributed by atoms with Crippen LogP contribution in [0.15, 0.2) is 24.4 Å². The number of phenols is 1. The minimum Gasteiger partial charge on any atom is -0.508 e. The Kier molecular flexibility index (Phi) is 3.66. The molecule has 1 N–H and O–H groups in total. The molecule has 1 aliphatic heterocycles. The number of carbonyl (C=O) groups excluding carboxylic acids is 1. The van der Waals surface area contributed by atoms with Crippen LogP contribution in [0.5, 0.6) is 11.5 Å². The zero-order valence-corrected chi connectivity index (χ0v) is 12.4. The van der Waals surface area contributed by atoms with Gasteiger partial charge in [0.15, 0.2) is 0 Å². The highest BCUT2D eigenvalue weighted by molar-refractivity contribution is 5.76. The van der Waals surface area contributed by atoms with Gasteiger partial charge in [-0.05, 0) is 26.0 Å². The Morgan fingerprint density at radius 2 is 2.27 bits per heavy atom. The first-order valence-corrected chi connectivity index (χ1v) is 7.07. The lowest BCUT2D eigenvalue weighted by Crippen LogP contribution is -2.20. The summed E-state index contributed by atoms with van der Waals surface area (Å²) in [6.45, 7) is 3.88. The maximum Gasteiger partial charge on any atom is 0.309 e. The molecule has 1 atom stereocenters. The van der Waals surface area contributed by atoms with E-state index in [9.17, 15) is 9.90 Å². The summed E-state index contributed by atoms with van der Waals surface area (Å²) in [5.41, 5.74) is 2.25. The Morgan fingerprint density at radius 3 is 3.05 bits per heavy atom. The van der Waals surface area contributed by atoms with E-state index in [4.69, 9.17) is 9.47 Å². The number of phenolic OH excluding ortho intramolecular Hbond substituents is 1. The second kappa shape index (κ2) is 5.63. The number of hydrogen-bond donors (Lipinski definition) is 1. The smallest absolute Gasteiger partial charge is 0.309 e. The van der Waals surface area contributed by atoms with Gasteiger partial charge < -0.3 is 14.6 Å². The third kappa shape index (κ3) is 2.59. The Balaban J connectivity index is 2.04. The summed E-state index contributed by atoms with van der Waals surface area (Å²) in [5, 5.41) is 9.64. The fraction of sp³-hybridized carbons (Fsp3) is 0.312. The minimum absolute atomic E-state index is 0.0718. The van der Waals surface area contributed by atoms with Gasteiger partial charge in [-0.15, -0.1) is 0 Å². The molecule has 0 amide bonds. The van der Waals surface area contributed by atoms with Crippen LogP contribution in [0, 0.1) is 6.92 Å². The number of fused-ring (bicyclic) bond motifs is 3. The number of esters is 1. The van der Waals surface area contributed by atoms with E-state index in [0.717, 1.165) is 16.8 Å². The third-order valence-corrected chi connectivity index (χ3v) is 3.43. The Morgan fingerprint density at radius 1 is 1.45 bits per heavy atom. The number of carbonyl (C=O) groups is 1. The Hall–Kier alpha value is -2.63. The molecule has 1 aliphatic rings. The molecule has 0 spiro atoms. The largest absolute Gasteiger partial charge is 0.508 e. The first kappa shape index (κ1) is 14.3. The number of rotatable bonds is 3. The molecule has 0 bridgehead atoms. The van der Waals surface area contributed by atoms with Gasteiger partial charge in [0.05, 0.1) is 18.7 Å². The van der Waals surface area contributed by atoms with Crippen LogP contribution in [-0.2, 0) is 9.53 Å². The number of aromatic hydroxyl groups is 1. The molecule has 0 aliphatic carbocycles. The summed E-state index contributed by atoms with van der Waals surface area (Å²) in [4.78, 5) is 20.4. The van der Waals surface area contributed by atoms with Crippen molar-refractivity contribution in [1.82, 2.24) is 9.97 Å². The van der Waals surface area contributed by atoms with Crippen LogP contribution in [0.3, 0.4) is 0 Å². The highest BCUT2D eigenvalue weighted by atomic mass is 16.5. The molecular formula is C16H16N2O4. The number of aromatic nitrogens is 2. The average Bonchev–Trinajstić information content (AvgIpc) is 2.47. The summed E-state index contributed by atoms with van der Waals surface area (Å²) in [7, 11) is 0. The van der Waals surface area contributed by atoms with Gasteiger partial charge in [0.1, 0.15) is 23.4 Å². The summed E-state index contributed by atoms with van der Waals surface area (Å²) < 4.78 is 10.8. The lowest BCUT2D eigenvalue weighted by Gasteiger charge is -2.27. The molecule has 114 valence electrons. The minimum atomic E-state index is -0.524. The summed E-state index contributed by atoms with van der Waals surface area (Å²) >= 11 is 0. The second-order valence-corrected chi connectivity index (χ2v) is 5.02. The molecule has 6 nitrogen and oxygen atoms in total. The van der Waals surface area contributed by atoms with E-state index in [1.807, 2.05) is 0 Å². The van der Waals surface area contributed by atoms with Crippen LogP contribution in [0.4, 0.5) is 0 Å². The molecule has 22 heavy (non-hydrogen) atoms. The monoisotopic (exact) mass is 300 g/mol. The fourth-order valence-electron chi connectivity index (χ4n) is 2.47. The maximum absolute atomic E-state index is 11.8. The van der Waals surface area contributed by atoms with Crippen LogP contribution < -0.4 is 4.74 Å². The van der Waals surface area contributed by atoms with Crippen molar-refractivity contribution in [1.29, 1.82) is 0 Å². The lowest BCUT2D eigenvalue weighted by atomic mass is 9.97. The van der Waals surface area contributed by atoms with Crippen LogP contribution >= 0.6 is 0 Å². The maximum atomic E-state index is 11.8. The first-order valence-electron chi connectivity index (χ1n) is 7.07. The molecule has 3 rings (SSSR count). The summed E-state index contributed by atoms with van der Waals surface area (Å²) in [5.74, 6) is 0.889. The molecule has 6 heteroatoms. The van der Waals surface area contributed by atoms with Crippen molar-refractivity contribution in [2.45, 2.75) is 26.4 Å². The van der Waals surface area contributed by atoms with Crippen molar-refractivity contribution < 1.29 is 19.4 Å². The molecule has 1 aromatic carbocycles. The standard InChI is InChI=1S/C16H16N2O4/c1-3-21-15(20)7-14-12-8-17-9(2)18-16(12)11-5-4-10(19)6-13(11)22-14/h4-6,8,14,19H,3,7H2,1-2H3. The molecule has 0 saturated carbocycles. The molecule has 0 radical (unpaired) electrons. The second-order valence-electron chi connectivity index (χ2n) is 5.02. The zero-order valence-electron chi connectivity index (χ0n) is 12.4. The normalized spacial score (nSPS) is 15.5. The molecule has 1 aromatic heterocycles. The molecular weight excluding hydrogens is 284 g/mol. The number of hydrogen-bond acceptors (Lipinski definition) is 6. The predicted octanol–water partition coefficient (Wildman–Crippen LogP) is 2.54. The Labute approximate surface area is 127 Å². The van der Waals surface area contributed by atoms with Gasteiger partial charge in [0.2, 0.25) is 0 Å². The van der Waals surface area contributed by atoms with E-state index in [2.05, 4.69) is 9.97 Å². The van der Waals surface area contributed by atoms with Gasteiger partial charge in [0, 0.05) is 23.4 Å². The summed E-state index contributed by atoms with van der Waals surface area (Å²) in [6, 6.07) is 4.85. The third-order valence-electron chi connectivity index (χ3n) is 3.43. The van der Waals surface area contributed by atoms with Gasteiger partial charge in [-0.1, -0.05) is 0 Å². The SMILES string of the molecule is CCOC(=O)CC1Oc2cc(O)ccc2-c2nc(C)ncc21. The van der Waals surface area contributed by atoms with Crippen LogP contribution in [-0.4, -0.2) is 27.7 Å². The van der Waals surface area contributed by atoms with Crippen LogP contribution in [0.2, 0.25) is 0 Å². The van der Waals surface area contributed by atoms with Gasteiger partial charge in [-0.3, -0.25) is 4.79 Å². The lowest BCUT2D eigenvalue weighted by molar-refractivity contribution is -0.145. The average molecular weight is 300 g/mol. The van der Waals surface area contributed by atoms with Crippen molar-refractivity contribution in [2.75, 3.05) is 6.61 Å². The quantitative estimate of drug-likeness (QED) is 0.877. The molecule has 2 heterocycles. The number of ether oxygens (including phenoxy) is 2.